The van der Waals surface area contributed by atoms with Crippen molar-refractivity contribution in [2.75, 3.05) is 33.2 Å². The van der Waals surface area contributed by atoms with Gasteiger partial charge in [0, 0.05) is 19.6 Å². The second kappa shape index (κ2) is 8.34. The molecule has 19 heavy (non-hydrogen) atoms. The van der Waals surface area contributed by atoms with Gasteiger partial charge < -0.3 is 10.2 Å². The van der Waals surface area contributed by atoms with Crippen LogP contribution < -0.4 is 5.32 Å². The van der Waals surface area contributed by atoms with E-state index in [1.165, 1.54) is 12.0 Å². The van der Waals surface area contributed by atoms with Gasteiger partial charge in [-0.1, -0.05) is 51.1 Å². The predicted octanol–water partition coefficient (Wildman–Crippen LogP) is 3.19. The Hall–Kier alpha value is -0.860. The molecule has 0 aliphatic carbocycles. The van der Waals surface area contributed by atoms with Gasteiger partial charge in [-0.15, -0.1) is 0 Å². The van der Waals surface area contributed by atoms with E-state index < -0.39 is 0 Å². The largest absolute Gasteiger partial charge is 0.316 e. The van der Waals surface area contributed by atoms with Crippen molar-refractivity contribution < 1.29 is 0 Å². The highest BCUT2D eigenvalue weighted by molar-refractivity contribution is 5.14. The molecular weight excluding hydrogens is 232 g/mol. The third-order valence-corrected chi connectivity index (χ3v) is 3.93. The fraction of sp³-hybridized carbons (Fsp3) is 0.647. The van der Waals surface area contributed by atoms with E-state index >= 15 is 0 Å². The molecule has 0 spiro atoms. The van der Waals surface area contributed by atoms with Gasteiger partial charge >= 0.3 is 0 Å². The number of benzene rings is 1. The fourth-order valence-corrected chi connectivity index (χ4v) is 2.41. The molecule has 0 saturated heterocycles. The molecule has 1 atom stereocenters. The average molecular weight is 262 g/mol. The Morgan fingerprint density at radius 2 is 1.84 bits per heavy atom. The average Bonchev–Trinajstić information content (AvgIpc) is 2.44. The zero-order valence-electron chi connectivity index (χ0n) is 13.1. The van der Waals surface area contributed by atoms with Crippen molar-refractivity contribution in [2.45, 2.75) is 33.6 Å². The van der Waals surface area contributed by atoms with Crippen LogP contribution in [0.15, 0.2) is 30.3 Å². The maximum absolute atomic E-state index is 3.49. The Bertz CT molecular complexity index is 336. The smallest absolute Gasteiger partial charge is 0.00445 e. The first-order valence-corrected chi connectivity index (χ1v) is 7.53. The minimum Gasteiger partial charge on any atom is -0.316 e. The molecule has 0 amide bonds. The Kier molecular flexibility index (Phi) is 7.11. The quantitative estimate of drug-likeness (QED) is 0.735. The second-order valence-electron chi connectivity index (χ2n) is 5.92. The molecule has 0 aromatic heterocycles. The van der Waals surface area contributed by atoms with Crippen LogP contribution >= 0.6 is 0 Å². The minimum atomic E-state index is 0.376. The molecule has 1 unspecified atom stereocenters. The maximum atomic E-state index is 3.49. The number of hydrogen-bond donors (Lipinski definition) is 1. The predicted molar refractivity (Wildman–Crippen MR) is 84.6 cm³/mol. The fourth-order valence-electron chi connectivity index (χ4n) is 2.41. The van der Waals surface area contributed by atoms with Crippen LogP contribution in [0.3, 0.4) is 0 Å². The standard InChI is InChI=1S/C17H30N2/c1-5-17(3,14-18-6-2)15-19(4)13-12-16-10-8-7-9-11-16/h7-11,18H,5-6,12-15H2,1-4H3. The highest BCUT2D eigenvalue weighted by Gasteiger charge is 2.23. The number of likely N-dealkylation sites (N-methyl/N-ethyl adjacent to an activating group) is 1. The maximum Gasteiger partial charge on any atom is 0.00445 e. The van der Waals surface area contributed by atoms with Gasteiger partial charge in [-0.2, -0.15) is 0 Å². The van der Waals surface area contributed by atoms with E-state index in [0.29, 0.717) is 5.41 Å². The molecule has 2 heteroatoms. The van der Waals surface area contributed by atoms with Crippen LogP contribution in [-0.2, 0) is 6.42 Å². The summed E-state index contributed by atoms with van der Waals surface area (Å²) in [6, 6.07) is 10.8. The lowest BCUT2D eigenvalue weighted by Gasteiger charge is -2.33. The molecule has 1 aromatic rings. The van der Waals surface area contributed by atoms with Crippen LogP contribution in [0.5, 0.6) is 0 Å². The molecule has 0 aliphatic heterocycles. The van der Waals surface area contributed by atoms with Crippen molar-refractivity contribution >= 4 is 0 Å². The van der Waals surface area contributed by atoms with E-state index in [1.54, 1.807) is 0 Å². The zero-order chi connectivity index (χ0) is 14.1. The van der Waals surface area contributed by atoms with Gasteiger partial charge in [-0.25, -0.2) is 0 Å². The second-order valence-corrected chi connectivity index (χ2v) is 5.92. The summed E-state index contributed by atoms with van der Waals surface area (Å²) in [6.45, 7) is 11.3. The first-order chi connectivity index (χ1) is 9.09. The van der Waals surface area contributed by atoms with Gasteiger partial charge in [-0.3, -0.25) is 0 Å². The van der Waals surface area contributed by atoms with Gasteiger partial charge in [0.05, 0.1) is 0 Å². The lowest BCUT2D eigenvalue weighted by atomic mass is 9.86. The van der Waals surface area contributed by atoms with E-state index in [4.69, 9.17) is 0 Å². The van der Waals surface area contributed by atoms with E-state index in [1.807, 2.05) is 0 Å². The van der Waals surface area contributed by atoms with Crippen molar-refractivity contribution in [2.24, 2.45) is 5.41 Å². The van der Waals surface area contributed by atoms with Gasteiger partial charge in [0.15, 0.2) is 0 Å². The van der Waals surface area contributed by atoms with E-state index in [9.17, 15) is 0 Å². The summed E-state index contributed by atoms with van der Waals surface area (Å²) in [4.78, 5) is 2.47. The number of rotatable bonds is 9. The molecule has 0 fully saturated rings. The van der Waals surface area contributed by atoms with Gasteiger partial charge in [-0.05, 0) is 37.4 Å². The lowest BCUT2D eigenvalue weighted by Crippen LogP contribution is -2.41. The molecule has 0 bridgehead atoms. The first-order valence-electron chi connectivity index (χ1n) is 7.53. The molecule has 2 nitrogen and oxygen atoms in total. The van der Waals surface area contributed by atoms with Crippen molar-refractivity contribution in [1.29, 1.82) is 0 Å². The van der Waals surface area contributed by atoms with Crippen LogP contribution in [0, 0.1) is 5.41 Å². The molecule has 0 saturated carbocycles. The summed E-state index contributed by atoms with van der Waals surface area (Å²) in [6.07, 6.45) is 2.36. The Morgan fingerprint density at radius 1 is 1.16 bits per heavy atom. The molecule has 0 radical (unpaired) electrons. The van der Waals surface area contributed by atoms with Crippen LogP contribution in [0.4, 0.5) is 0 Å². The van der Waals surface area contributed by atoms with Gasteiger partial charge in [0.25, 0.3) is 0 Å². The number of nitrogens with zero attached hydrogens (tertiary/aromatic N) is 1. The van der Waals surface area contributed by atoms with E-state index in [-0.39, 0.29) is 0 Å². The molecule has 0 aliphatic rings. The van der Waals surface area contributed by atoms with Gasteiger partial charge in [0.2, 0.25) is 0 Å². The summed E-state index contributed by atoms with van der Waals surface area (Å²) in [7, 11) is 2.24. The molecule has 1 aromatic carbocycles. The monoisotopic (exact) mass is 262 g/mol. The normalized spacial score (nSPS) is 14.6. The SMILES string of the molecule is CCNCC(C)(CC)CN(C)CCc1ccccc1. The van der Waals surface area contributed by atoms with Gasteiger partial charge in [0.1, 0.15) is 0 Å². The van der Waals surface area contributed by atoms with E-state index in [2.05, 4.69) is 68.4 Å². The summed E-state index contributed by atoms with van der Waals surface area (Å²) in [5.41, 5.74) is 1.81. The molecule has 108 valence electrons. The summed E-state index contributed by atoms with van der Waals surface area (Å²) >= 11 is 0. The van der Waals surface area contributed by atoms with Crippen molar-refractivity contribution in [3.63, 3.8) is 0 Å². The highest BCUT2D eigenvalue weighted by Crippen LogP contribution is 2.21. The Balaban J connectivity index is 2.38. The summed E-state index contributed by atoms with van der Waals surface area (Å²) in [5, 5.41) is 3.49. The lowest BCUT2D eigenvalue weighted by molar-refractivity contribution is 0.182. The van der Waals surface area contributed by atoms with E-state index in [0.717, 1.165) is 32.6 Å². The molecule has 0 heterocycles. The highest BCUT2D eigenvalue weighted by atomic mass is 15.1. The van der Waals surface area contributed by atoms with Crippen molar-refractivity contribution in [3.05, 3.63) is 35.9 Å². The zero-order valence-corrected chi connectivity index (χ0v) is 13.1. The molecule has 1 N–H and O–H groups in total. The Morgan fingerprint density at radius 3 is 2.42 bits per heavy atom. The van der Waals surface area contributed by atoms with Crippen LogP contribution in [0.25, 0.3) is 0 Å². The summed E-state index contributed by atoms with van der Waals surface area (Å²) < 4.78 is 0. The third-order valence-electron chi connectivity index (χ3n) is 3.93. The van der Waals surface area contributed by atoms with Crippen LogP contribution in [0.1, 0.15) is 32.8 Å². The topological polar surface area (TPSA) is 15.3 Å². The number of nitrogens with one attached hydrogen (secondary N) is 1. The van der Waals surface area contributed by atoms with Crippen molar-refractivity contribution in [1.82, 2.24) is 10.2 Å². The first kappa shape index (κ1) is 16.2. The Labute approximate surface area is 119 Å². The minimum absolute atomic E-state index is 0.376. The molecular formula is C17H30N2. The third kappa shape index (κ3) is 6.22. The van der Waals surface area contributed by atoms with Crippen LogP contribution in [-0.4, -0.2) is 38.1 Å². The number of hydrogen-bond acceptors (Lipinski definition) is 2. The van der Waals surface area contributed by atoms with Crippen LogP contribution in [0.2, 0.25) is 0 Å². The molecule has 1 rings (SSSR count). The van der Waals surface area contributed by atoms with Crippen molar-refractivity contribution in [3.8, 4) is 0 Å². The summed E-state index contributed by atoms with van der Waals surface area (Å²) in [5.74, 6) is 0.